The molecule has 22 heavy (non-hydrogen) atoms. The highest BCUT2D eigenvalue weighted by Crippen LogP contribution is 2.28. The third-order valence-electron chi connectivity index (χ3n) is 3.89. The summed E-state index contributed by atoms with van der Waals surface area (Å²) in [7, 11) is -1.51. The van der Waals surface area contributed by atoms with Crippen molar-refractivity contribution in [3.05, 3.63) is 23.8 Å². The minimum atomic E-state index is -3.41. The molecule has 1 heterocycles. The second kappa shape index (κ2) is 6.98. The molecule has 0 aromatic heterocycles. The summed E-state index contributed by atoms with van der Waals surface area (Å²) in [5, 5.41) is 3.12. The number of rotatable bonds is 6. The third kappa shape index (κ3) is 3.80. The summed E-state index contributed by atoms with van der Waals surface area (Å²) in [6.07, 6.45) is 0.982. The quantitative estimate of drug-likeness (QED) is 0.869. The van der Waals surface area contributed by atoms with Gasteiger partial charge in [0.2, 0.25) is 10.0 Å². The maximum Gasteiger partial charge on any atom is 0.243 e. The van der Waals surface area contributed by atoms with Crippen molar-refractivity contribution in [1.82, 2.24) is 9.62 Å². The number of hydrogen-bond acceptors (Lipinski definition) is 4. The van der Waals surface area contributed by atoms with E-state index in [1.807, 2.05) is 27.8 Å². The highest BCUT2D eigenvalue weighted by Gasteiger charge is 2.32. The minimum Gasteiger partial charge on any atom is -0.491 e. The van der Waals surface area contributed by atoms with Crippen molar-refractivity contribution in [2.75, 3.05) is 26.7 Å². The number of ether oxygens (including phenoxy) is 1. The van der Waals surface area contributed by atoms with Crippen molar-refractivity contribution in [2.24, 2.45) is 5.92 Å². The summed E-state index contributed by atoms with van der Waals surface area (Å²) in [4.78, 5) is 0.353. The van der Waals surface area contributed by atoms with Crippen LogP contribution in [0.5, 0.6) is 5.75 Å². The Morgan fingerprint density at radius 2 is 2.14 bits per heavy atom. The largest absolute Gasteiger partial charge is 0.491 e. The van der Waals surface area contributed by atoms with E-state index in [1.165, 1.54) is 0 Å². The molecule has 0 bridgehead atoms. The Balaban J connectivity index is 2.18. The molecule has 6 heteroatoms. The molecule has 124 valence electrons. The van der Waals surface area contributed by atoms with Crippen LogP contribution >= 0.6 is 0 Å². The highest BCUT2D eigenvalue weighted by atomic mass is 32.2. The molecule has 1 aliphatic heterocycles. The normalized spacial score (nSPS) is 19.8. The molecule has 5 nitrogen and oxygen atoms in total. The van der Waals surface area contributed by atoms with Crippen molar-refractivity contribution in [2.45, 2.75) is 38.2 Å². The first-order valence-electron chi connectivity index (χ1n) is 7.76. The standard InChI is InChI=1S/C16H26N2O3S/c1-12(2)21-16-6-5-15(9-13(16)3)22(19,20)18-8-7-14(11-18)10-17-4/h5-6,9,12,14,17H,7-8,10-11H2,1-4H3/t14-/m1/s1. The first kappa shape index (κ1) is 17.2. The fraction of sp³-hybridized carbons (Fsp3) is 0.625. The number of hydrogen-bond donors (Lipinski definition) is 1. The van der Waals surface area contributed by atoms with Crippen LogP contribution in [0, 0.1) is 12.8 Å². The minimum absolute atomic E-state index is 0.0713. The fourth-order valence-corrected chi connectivity index (χ4v) is 4.40. The Bertz CT molecular complexity index is 614. The molecule has 1 saturated heterocycles. The Hall–Kier alpha value is -1.11. The molecular weight excluding hydrogens is 300 g/mol. The van der Waals surface area contributed by atoms with Crippen LogP contribution in [0.1, 0.15) is 25.8 Å². The number of sulfonamides is 1. The zero-order chi connectivity index (χ0) is 16.3. The Morgan fingerprint density at radius 1 is 1.41 bits per heavy atom. The van der Waals surface area contributed by atoms with E-state index in [4.69, 9.17) is 4.74 Å². The molecule has 1 aromatic rings. The van der Waals surface area contributed by atoms with Gasteiger partial charge in [-0.1, -0.05) is 0 Å². The second-order valence-corrected chi connectivity index (χ2v) is 8.11. The molecule has 1 N–H and O–H groups in total. The van der Waals surface area contributed by atoms with E-state index >= 15 is 0 Å². The van der Waals surface area contributed by atoms with Gasteiger partial charge in [-0.25, -0.2) is 8.42 Å². The number of nitrogens with one attached hydrogen (secondary N) is 1. The van der Waals surface area contributed by atoms with Crippen molar-refractivity contribution in [3.8, 4) is 5.75 Å². The van der Waals surface area contributed by atoms with E-state index < -0.39 is 10.0 Å². The van der Waals surface area contributed by atoms with Crippen LogP contribution in [0.15, 0.2) is 23.1 Å². The lowest BCUT2D eigenvalue weighted by atomic mass is 10.1. The van der Waals surface area contributed by atoms with Gasteiger partial charge in [0.1, 0.15) is 5.75 Å². The molecule has 0 amide bonds. The maximum absolute atomic E-state index is 12.7. The van der Waals surface area contributed by atoms with Gasteiger partial charge in [0.15, 0.2) is 0 Å². The van der Waals surface area contributed by atoms with E-state index in [9.17, 15) is 8.42 Å². The SMILES string of the molecule is CNC[C@H]1CCN(S(=O)(=O)c2ccc(OC(C)C)c(C)c2)C1. The van der Waals surface area contributed by atoms with Gasteiger partial charge in [-0.2, -0.15) is 4.31 Å². The summed E-state index contributed by atoms with van der Waals surface area (Å²) in [5.41, 5.74) is 0.848. The zero-order valence-corrected chi connectivity index (χ0v) is 14.6. The van der Waals surface area contributed by atoms with E-state index in [1.54, 1.807) is 22.5 Å². The smallest absolute Gasteiger partial charge is 0.243 e. The molecule has 1 fully saturated rings. The molecule has 1 atom stereocenters. The van der Waals surface area contributed by atoms with Gasteiger partial charge in [0.25, 0.3) is 0 Å². The molecule has 1 aromatic carbocycles. The first-order chi connectivity index (χ1) is 10.3. The summed E-state index contributed by atoms with van der Waals surface area (Å²) in [5.74, 6) is 1.13. The molecule has 0 radical (unpaired) electrons. The lowest BCUT2D eigenvalue weighted by Crippen LogP contribution is -2.30. The Kier molecular flexibility index (Phi) is 5.47. The van der Waals surface area contributed by atoms with Gasteiger partial charge in [0.05, 0.1) is 11.0 Å². The molecule has 1 aliphatic rings. The first-order valence-corrected chi connectivity index (χ1v) is 9.20. The molecule has 0 aliphatic carbocycles. The summed E-state index contributed by atoms with van der Waals surface area (Å²) in [6, 6.07) is 5.10. The number of aryl methyl sites for hydroxylation is 1. The predicted octanol–water partition coefficient (Wildman–Crippen LogP) is 2.01. The van der Waals surface area contributed by atoms with Gasteiger partial charge in [-0.3, -0.25) is 0 Å². The zero-order valence-electron chi connectivity index (χ0n) is 13.8. The Labute approximate surface area is 133 Å². The van der Waals surface area contributed by atoms with E-state index in [-0.39, 0.29) is 6.10 Å². The Morgan fingerprint density at radius 3 is 2.73 bits per heavy atom. The van der Waals surface area contributed by atoms with Gasteiger partial charge in [-0.15, -0.1) is 0 Å². The van der Waals surface area contributed by atoms with E-state index in [0.717, 1.165) is 24.3 Å². The number of benzene rings is 1. The average molecular weight is 326 g/mol. The van der Waals surface area contributed by atoms with Gasteiger partial charge < -0.3 is 10.1 Å². The van der Waals surface area contributed by atoms with Crippen LogP contribution in [-0.2, 0) is 10.0 Å². The van der Waals surface area contributed by atoms with Crippen LogP contribution in [0.2, 0.25) is 0 Å². The molecular formula is C16H26N2O3S. The van der Waals surface area contributed by atoms with Crippen molar-refractivity contribution in [3.63, 3.8) is 0 Å². The fourth-order valence-electron chi connectivity index (χ4n) is 2.79. The monoisotopic (exact) mass is 326 g/mol. The van der Waals surface area contributed by atoms with Crippen LogP contribution in [0.3, 0.4) is 0 Å². The summed E-state index contributed by atoms with van der Waals surface area (Å²) < 4.78 is 32.7. The van der Waals surface area contributed by atoms with Gasteiger partial charge >= 0.3 is 0 Å². The second-order valence-electron chi connectivity index (χ2n) is 6.17. The molecule has 0 saturated carbocycles. The van der Waals surface area contributed by atoms with Gasteiger partial charge in [-0.05, 0) is 70.5 Å². The van der Waals surface area contributed by atoms with Crippen molar-refractivity contribution < 1.29 is 13.2 Å². The van der Waals surface area contributed by atoms with E-state index in [2.05, 4.69) is 5.32 Å². The predicted molar refractivity (Wildman–Crippen MR) is 87.7 cm³/mol. The molecule has 0 unspecified atom stereocenters. The van der Waals surface area contributed by atoms with Crippen LogP contribution < -0.4 is 10.1 Å². The van der Waals surface area contributed by atoms with Crippen LogP contribution in [0.4, 0.5) is 0 Å². The van der Waals surface area contributed by atoms with E-state index in [0.29, 0.717) is 23.9 Å². The van der Waals surface area contributed by atoms with Crippen molar-refractivity contribution in [1.29, 1.82) is 0 Å². The maximum atomic E-state index is 12.7. The third-order valence-corrected chi connectivity index (χ3v) is 5.75. The summed E-state index contributed by atoms with van der Waals surface area (Å²) in [6.45, 7) is 7.83. The summed E-state index contributed by atoms with van der Waals surface area (Å²) >= 11 is 0. The van der Waals surface area contributed by atoms with Crippen LogP contribution in [0.25, 0.3) is 0 Å². The van der Waals surface area contributed by atoms with Crippen molar-refractivity contribution >= 4 is 10.0 Å². The lowest BCUT2D eigenvalue weighted by Gasteiger charge is -2.18. The van der Waals surface area contributed by atoms with Gasteiger partial charge in [0, 0.05) is 13.1 Å². The lowest BCUT2D eigenvalue weighted by molar-refractivity contribution is 0.240. The highest BCUT2D eigenvalue weighted by molar-refractivity contribution is 7.89. The number of nitrogens with zero attached hydrogens (tertiary/aromatic N) is 1. The van der Waals surface area contributed by atoms with Crippen LogP contribution in [-0.4, -0.2) is 45.5 Å². The topological polar surface area (TPSA) is 58.6 Å². The molecule has 0 spiro atoms. The average Bonchev–Trinajstić information content (AvgIpc) is 2.90. The molecule has 2 rings (SSSR count).